The van der Waals surface area contributed by atoms with Crippen molar-refractivity contribution in [1.82, 2.24) is 4.90 Å². The molecule has 0 unspecified atom stereocenters. The maximum atomic E-state index is 12.7. The summed E-state index contributed by atoms with van der Waals surface area (Å²) in [5.74, 6) is 1.61. The van der Waals surface area contributed by atoms with Gasteiger partial charge in [0.2, 0.25) is 11.8 Å². The van der Waals surface area contributed by atoms with Crippen molar-refractivity contribution in [2.24, 2.45) is 5.92 Å². The van der Waals surface area contributed by atoms with Gasteiger partial charge in [-0.15, -0.1) is 11.8 Å². The number of hydrogen-bond acceptors (Lipinski definition) is 3. The number of amides is 2. The number of carbonyl (C=O) groups excluding carboxylic acids is 2. The average Bonchev–Trinajstić information content (AvgIpc) is 2.66. The van der Waals surface area contributed by atoms with Gasteiger partial charge in [0.1, 0.15) is 0 Å². The minimum absolute atomic E-state index is 0.0553. The Labute approximate surface area is 156 Å². The molecule has 0 aromatic heterocycles. The van der Waals surface area contributed by atoms with E-state index in [0.29, 0.717) is 18.9 Å². The minimum Gasteiger partial charge on any atom is -0.343 e. The number of fused-ring (bicyclic) bond motifs is 1. The van der Waals surface area contributed by atoms with Gasteiger partial charge in [-0.3, -0.25) is 9.59 Å². The number of carbonyl (C=O) groups is 2. The maximum absolute atomic E-state index is 12.7. The summed E-state index contributed by atoms with van der Waals surface area (Å²) in [6.45, 7) is 8.59. The molecular weight excluding hydrogens is 332 g/mol. The quantitative estimate of drug-likeness (QED) is 0.696. The Morgan fingerprint density at radius 2 is 1.88 bits per heavy atom. The van der Waals surface area contributed by atoms with Crippen molar-refractivity contribution >= 4 is 29.3 Å². The molecule has 0 spiro atoms. The van der Waals surface area contributed by atoms with Gasteiger partial charge in [-0.2, -0.15) is 0 Å². The lowest BCUT2D eigenvalue weighted by molar-refractivity contribution is -0.133. The SMILES string of the molecule is CCC(CC)CN(CC)C(=O)CCC(=O)N1CCSc2ccccc21. The van der Waals surface area contributed by atoms with Crippen molar-refractivity contribution in [2.45, 2.75) is 51.3 Å². The molecule has 0 saturated heterocycles. The maximum Gasteiger partial charge on any atom is 0.227 e. The average molecular weight is 363 g/mol. The number of para-hydroxylation sites is 1. The largest absolute Gasteiger partial charge is 0.343 e. The summed E-state index contributed by atoms with van der Waals surface area (Å²) < 4.78 is 0. The van der Waals surface area contributed by atoms with Crippen molar-refractivity contribution in [3.63, 3.8) is 0 Å². The van der Waals surface area contributed by atoms with Gasteiger partial charge >= 0.3 is 0 Å². The molecule has 25 heavy (non-hydrogen) atoms. The van der Waals surface area contributed by atoms with Crippen LogP contribution >= 0.6 is 11.8 Å². The molecule has 4 nitrogen and oxygen atoms in total. The first-order valence-electron chi connectivity index (χ1n) is 9.40. The monoisotopic (exact) mass is 362 g/mol. The summed E-state index contributed by atoms with van der Waals surface area (Å²) in [4.78, 5) is 30.1. The molecule has 0 fully saturated rings. The standard InChI is InChI=1S/C20H30N2O2S/c1-4-16(5-2)15-21(6-3)19(23)11-12-20(24)22-13-14-25-18-10-8-7-9-17(18)22/h7-10,16H,4-6,11-15H2,1-3H3. The van der Waals surface area contributed by atoms with Crippen molar-refractivity contribution in [1.29, 1.82) is 0 Å². The van der Waals surface area contributed by atoms with Gasteiger partial charge in [-0.05, 0) is 25.0 Å². The van der Waals surface area contributed by atoms with E-state index in [9.17, 15) is 9.59 Å². The van der Waals surface area contributed by atoms with E-state index >= 15 is 0 Å². The highest BCUT2D eigenvalue weighted by atomic mass is 32.2. The molecule has 1 aromatic carbocycles. The molecular formula is C20H30N2O2S. The van der Waals surface area contributed by atoms with Gasteiger partial charge in [0.25, 0.3) is 0 Å². The van der Waals surface area contributed by atoms with Crippen LogP contribution in [0.1, 0.15) is 46.5 Å². The van der Waals surface area contributed by atoms with Crippen molar-refractivity contribution in [2.75, 3.05) is 30.3 Å². The van der Waals surface area contributed by atoms with E-state index in [0.717, 1.165) is 42.3 Å². The first-order valence-corrected chi connectivity index (χ1v) is 10.4. The number of benzene rings is 1. The molecule has 2 rings (SSSR count). The molecule has 0 saturated carbocycles. The Kier molecular flexibility index (Phi) is 7.82. The third-order valence-electron chi connectivity index (χ3n) is 4.95. The normalized spacial score (nSPS) is 13.7. The summed E-state index contributed by atoms with van der Waals surface area (Å²) >= 11 is 1.79. The predicted octanol–water partition coefficient (Wildman–Crippen LogP) is 4.19. The summed E-state index contributed by atoms with van der Waals surface area (Å²) in [6, 6.07) is 8.01. The van der Waals surface area contributed by atoms with Crippen LogP contribution in [0.25, 0.3) is 0 Å². The van der Waals surface area contributed by atoms with E-state index in [4.69, 9.17) is 0 Å². The van der Waals surface area contributed by atoms with Crippen LogP contribution in [0.4, 0.5) is 5.69 Å². The van der Waals surface area contributed by atoms with Crippen LogP contribution in [-0.2, 0) is 9.59 Å². The molecule has 0 atom stereocenters. The molecule has 2 amide bonds. The summed E-state index contributed by atoms with van der Waals surface area (Å²) in [5, 5.41) is 0. The Balaban J connectivity index is 1.92. The molecule has 1 aliphatic heterocycles. The highest BCUT2D eigenvalue weighted by molar-refractivity contribution is 7.99. The fraction of sp³-hybridized carbons (Fsp3) is 0.600. The van der Waals surface area contributed by atoms with Crippen LogP contribution in [0.15, 0.2) is 29.2 Å². The van der Waals surface area contributed by atoms with Gasteiger partial charge in [-0.1, -0.05) is 38.8 Å². The zero-order chi connectivity index (χ0) is 18.2. The number of hydrogen-bond donors (Lipinski definition) is 0. The number of thioether (sulfide) groups is 1. The molecule has 1 aliphatic rings. The second kappa shape index (κ2) is 9.85. The highest BCUT2D eigenvalue weighted by Crippen LogP contribution is 2.34. The lowest BCUT2D eigenvalue weighted by atomic mass is 10.0. The second-order valence-corrected chi connectivity index (χ2v) is 7.61. The fourth-order valence-corrected chi connectivity index (χ4v) is 4.20. The predicted molar refractivity (Wildman–Crippen MR) is 105 cm³/mol. The summed E-state index contributed by atoms with van der Waals surface area (Å²) in [6.07, 6.45) is 2.76. The van der Waals surface area contributed by atoms with Gasteiger partial charge in [0.15, 0.2) is 0 Å². The van der Waals surface area contributed by atoms with E-state index < -0.39 is 0 Å². The van der Waals surface area contributed by atoms with Crippen LogP contribution in [0.5, 0.6) is 0 Å². The molecule has 0 N–H and O–H groups in total. The number of rotatable bonds is 8. The van der Waals surface area contributed by atoms with Crippen LogP contribution in [0.2, 0.25) is 0 Å². The van der Waals surface area contributed by atoms with Crippen molar-refractivity contribution < 1.29 is 9.59 Å². The van der Waals surface area contributed by atoms with E-state index in [-0.39, 0.29) is 18.2 Å². The van der Waals surface area contributed by atoms with Crippen molar-refractivity contribution in [3.05, 3.63) is 24.3 Å². The van der Waals surface area contributed by atoms with Gasteiger partial charge in [0, 0.05) is 43.1 Å². The lowest BCUT2D eigenvalue weighted by Crippen LogP contribution is -2.38. The number of nitrogens with zero attached hydrogens (tertiary/aromatic N) is 2. The fourth-order valence-electron chi connectivity index (χ4n) is 3.20. The Bertz CT molecular complexity index is 587. The molecule has 5 heteroatoms. The van der Waals surface area contributed by atoms with Gasteiger partial charge in [-0.25, -0.2) is 0 Å². The zero-order valence-corrected chi connectivity index (χ0v) is 16.5. The third-order valence-corrected chi connectivity index (χ3v) is 5.99. The molecule has 1 heterocycles. The first-order chi connectivity index (χ1) is 12.1. The third kappa shape index (κ3) is 5.24. The Hall–Kier alpha value is -1.49. The Morgan fingerprint density at radius 1 is 1.16 bits per heavy atom. The zero-order valence-electron chi connectivity index (χ0n) is 15.7. The van der Waals surface area contributed by atoms with Crippen LogP contribution in [-0.4, -0.2) is 42.1 Å². The first kappa shape index (κ1) is 19.8. The summed E-state index contributed by atoms with van der Waals surface area (Å²) in [7, 11) is 0. The second-order valence-electron chi connectivity index (χ2n) is 6.48. The van der Waals surface area contributed by atoms with Gasteiger partial charge in [0.05, 0.1) is 5.69 Å². The molecule has 0 bridgehead atoms. The number of anilines is 1. The molecule has 1 aromatic rings. The van der Waals surface area contributed by atoms with Crippen LogP contribution < -0.4 is 4.90 Å². The van der Waals surface area contributed by atoms with E-state index in [1.165, 1.54) is 0 Å². The molecule has 138 valence electrons. The van der Waals surface area contributed by atoms with Crippen molar-refractivity contribution in [3.8, 4) is 0 Å². The molecule has 0 aliphatic carbocycles. The van der Waals surface area contributed by atoms with E-state index in [1.807, 2.05) is 34.9 Å². The Morgan fingerprint density at radius 3 is 2.56 bits per heavy atom. The summed E-state index contributed by atoms with van der Waals surface area (Å²) in [5.41, 5.74) is 0.987. The topological polar surface area (TPSA) is 40.6 Å². The van der Waals surface area contributed by atoms with E-state index in [1.54, 1.807) is 11.8 Å². The van der Waals surface area contributed by atoms with E-state index in [2.05, 4.69) is 19.9 Å². The smallest absolute Gasteiger partial charge is 0.227 e. The molecule has 0 radical (unpaired) electrons. The highest BCUT2D eigenvalue weighted by Gasteiger charge is 2.24. The van der Waals surface area contributed by atoms with Crippen LogP contribution in [0, 0.1) is 5.92 Å². The lowest BCUT2D eigenvalue weighted by Gasteiger charge is -2.29. The van der Waals surface area contributed by atoms with Gasteiger partial charge < -0.3 is 9.80 Å². The van der Waals surface area contributed by atoms with Crippen LogP contribution in [0.3, 0.4) is 0 Å². The minimum atomic E-state index is 0.0553.